The highest BCUT2D eigenvalue weighted by atomic mass is 79.9. The standard InChI is InChI=1S/C18H14BrNO3/c1-11(21)12-3-5-13(6-4-12)15-16(19)17(23)20(2)18(15)9-7-14(22)8-10-18/h3-10H,1-2H3. The van der Waals surface area contributed by atoms with Crippen LogP contribution in [0.15, 0.2) is 53.1 Å². The lowest BCUT2D eigenvalue weighted by molar-refractivity contribution is -0.125. The number of rotatable bonds is 2. The number of amides is 1. The molecule has 2 aliphatic rings. The largest absolute Gasteiger partial charge is 0.324 e. The zero-order chi connectivity index (χ0) is 16.8. The third-order valence-electron chi connectivity index (χ3n) is 4.25. The normalized spacial score (nSPS) is 19.2. The number of carbonyl (C=O) groups excluding carboxylic acids is 3. The Bertz CT molecular complexity index is 799. The summed E-state index contributed by atoms with van der Waals surface area (Å²) in [6.07, 6.45) is 6.41. The van der Waals surface area contributed by atoms with Crippen molar-refractivity contribution in [2.24, 2.45) is 0 Å². The third-order valence-corrected chi connectivity index (χ3v) is 4.99. The van der Waals surface area contributed by atoms with Crippen LogP contribution in [0.5, 0.6) is 0 Å². The molecule has 116 valence electrons. The van der Waals surface area contributed by atoms with Crippen LogP contribution in [0, 0.1) is 0 Å². The molecule has 0 saturated carbocycles. The molecule has 1 aromatic carbocycles. The number of likely N-dealkylation sites (N-methyl/N-ethyl adjacent to an activating group) is 1. The SMILES string of the molecule is CC(=O)c1ccc(C2=C(Br)C(=O)N(C)C23C=CC(=O)C=C3)cc1. The zero-order valence-electron chi connectivity index (χ0n) is 12.7. The van der Waals surface area contributed by atoms with Gasteiger partial charge >= 0.3 is 0 Å². The van der Waals surface area contributed by atoms with Crippen LogP contribution in [0.3, 0.4) is 0 Å². The van der Waals surface area contributed by atoms with Gasteiger partial charge in [0.1, 0.15) is 5.54 Å². The number of benzene rings is 1. The number of allylic oxidation sites excluding steroid dienone is 2. The van der Waals surface area contributed by atoms with E-state index in [0.717, 1.165) is 11.1 Å². The van der Waals surface area contributed by atoms with E-state index in [1.54, 1.807) is 36.2 Å². The minimum Gasteiger partial charge on any atom is -0.324 e. The van der Waals surface area contributed by atoms with Gasteiger partial charge in [0.2, 0.25) is 0 Å². The van der Waals surface area contributed by atoms with Gasteiger partial charge in [-0.2, -0.15) is 0 Å². The van der Waals surface area contributed by atoms with E-state index < -0.39 is 5.54 Å². The molecule has 3 rings (SSSR count). The minimum atomic E-state index is -0.790. The zero-order valence-corrected chi connectivity index (χ0v) is 14.3. The summed E-state index contributed by atoms with van der Waals surface area (Å²) in [4.78, 5) is 36.9. The molecule has 23 heavy (non-hydrogen) atoms. The Hall–Kier alpha value is -2.27. The maximum absolute atomic E-state index is 12.4. The summed E-state index contributed by atoms with van der Waals surface area (Å²) in [5.41, 5.74) is 1.41. The smallest absolute Gasteiger partial charge is 0.262 e. The molecule has 0 fully saturated rings. The summed E-state index contributed by atoms with van der Waals surface area (Å²) in [5.74, 6) is -0.271. The molecule has 0 saturated heterocycles. The Balaban J connectivity index is 2.16. The molecule has 0 N–H and O–H groups in total. The van der Waals surface area contributed by atoms with Crippen LogP contribution in [0.4, 0.5) is 0 Å². The number of nitrogens with zero attached hydrogens (tertiary/aromatic N) is 1. The van der Waals surface area contributed by atoms with Crippen molar-refractivity contribution in [3.8, 4) is 0 Å². The predicted molar refractivity (Wildman–Crippen MR) is 91.1 cm³/mol. The van der Waals surface area contributed by atoms with E-state index in [-0.39, 0.29) is 17.5 Å². The van der Waals surface area contributed by atoms with Crippen molar-refractivity contribution < 1.29 is 14.4 Å². The van der Waals surface area contributed by atoms with Crippen LogP contribution in [-0.2, 0) is 9.59 Å². The number of ketones is 2. The van der Waals surface area contributed by atoms with Gasteiger partial charge < -0.3 is 4.90 Å². The second-order valence-corrected chi connectivity index (χ2v) is 6.37. The van der Waals surface area contributed by atoms with Gasteiger partial charge in [-0.3, -0.25) is 14.4 Å². The molecule has 0 radical (unpaired) electrons. The Labute approximate surface area is 142 Å². The van der Waals surface area contributed by atoms with Crippen molar-refractivity contribution in [2.75, 3.05) is 7.05 Å². The highest BCUT2D eigenvalue weighted by Gasteiger charge is 2.47. The first kappa shape index (κ1) is 15.6. The van der Waals surface area contributed by atoms with Gasteiger partial charge in [-0.15, -0.1) is 0 Å². The second kappa shape index (κ2) is 5.42. The van der Waals surface area contributed by atoms with Gasteiger partial charge in [-0.1, -0.05) is 24.3 Å². The fourth-order valence-electron chi connectivity index (χ4n) is 2.91. The summed E-state index contributed by atoms with van der Waals surface area (Å²) in [7, 11) is 1.70. The van der Waals surface area contributed by atoms with E-state index in [0.29, 0.717) is 10.0 Å². The lowest BCUT2D eigenvalue weighted by atomic mass is 9.82. The summed E-state index contributed by atoms with van der Waals surface area (Å²) in [6, 6.07) is 7.12. The molecule has 1 heterocycles. The molecule has 1 amide bonds. The topological polar surface area (TPSA) is 54.5 Å². The molecule has 0 aromatic heterocycles. The van der Waals surface area contributed by atoms with E-state index in [4.69, 9.17) is 0 Å². The fraction of sp³-hybridized carbons (Fsp3) is 0.167. The van der Waals surface area contributed by atoms with Crippen molar-refractivity contribution in [1.82, 2.24) is 4.90 Å². The molecule has 4 nitrogen and oxygen atoms in total. The Morgan fingerprint density at radius 2 is 1.65 bits per heavy atom. The van der Waals surface area contributed by atoms with Crippen molar-refractivity contribution in [1.29, 1.82) is 0 Å². The predicted octanol–water partition coefficient (Wildman–Crippen LogP) is 2.90. The third kappa shape index (κ3) is 2.32. The van der Waals surface area contributed by atoms with Crippen molar-refractivity contribution in [2.45, 2.75) is 12.5 Å². The van der Waals surface area contributed by atoms with Gasteiger partial charge in [0, 0.05) is 18.2 Å². The maximum Gasteiger partial charge on any atom is 0.262 e. The van der Waals surface area contributed by atoms with Gasteiger partial charge in [0.15, 0.2) is 11.6 Å². The Kier molecular flexibility index (Phi) is 3.68. The van der Waals surface area contributed by atoms with Crippen LogP contribution in [0.2, 0.25) is 0 Å². The molecule has 1 spiro atoms. The molecule has 1 aliphatic heterocycles. The molecule has 1 aromatic rings. The highest BCUT2D eigenvalue weighted by molar-refractivity contribution is 9.12. The monoisotopic (exact) mass is 371 g/mol. The average molecular weight is 372 g/mol. The molecule has 0 bridgehead atoms. The van der Waals surface area contributed by atoms with Crippen LogP contribution in [0.25, 0.3) is 5.57 Å². The van der Waals surface area contributed by atoms with Gasteiger partial charge in [0.25, 0.3) is 5.91 Å². The van der Waals surface area contributed by atoms with E-state index in [1.165, 1.54) is 19.1 Å². The lowest BCUT2D eigenvalue weighted by Gasteiger charge is -2.34. The highest BCUT2D eigenvalue weighted by Crippen LogP contribution is 2.46. The number of hydrogen-bond acceptors (Lipinski definition) is 3. The van der Waals surface area contributed by atoms with E-state index >= 15 is 0 Å². The van der Waals surface area contributed by atoms with Crippen molar-refractivity contribution >= 4 is 39.0 Å². The van der Waals surface area contributed by atoms with Gasteiger partial charge in [0.05, 0.1) is 4.48 Å². The second-order valence-electron chi connectivity index (χ2n) is 5.58. The summed E-state index contributed by atoms with van der Waals surface area (Å²) in [6.45, 7) is 1.51. The van der Waals surface area contributed by atoms with Gasteiger partial charge in [-0.25, -0.2) is 0 Å². The lowest BCUT2D eigenvalue weighted by Crippen LogP contribution is -2.43. The van der Waals surface area contributed by atoms with Gasteiger partial charge in [-0.05, 0) is 52.7 Å². The number of halogens is 1. The summed E-state index contributed by atoms with van der Waals surface area (Å²) < 4.78 is 0.458. The first-order chi connectivity index (χ1) is 10.9. The Morgan fingerprint density at radius 3 is 2.17 bits per heavy atom. The first-order valence-corrected chi connectivity index (χ1v) is 7.88. The molecule has 0 atom stereocenters. The maximum atomic E-state index is 12.4. The average Bonchev–Trinajstić information content (AvgIpc) is 2.72. The minimum absolute atomic E-state index is 0.0121. The van der Waals surface area contributed by atoms with Crippen LogP contribution >= 0.6 is 15.9 Å². The van der Waals surface area contributed by atoms with E-state index in [1.807, 2.05) is 12.1 Å². The van der Waals surface area contributed by atoms with E-state index in [9.17, 15) is 14.4 Å². The number of carbonyl (C=O) groups is 3. The molecular weight excluding hydrogens is 358 g/mol. The van der Waals surface area contributed by atoms with Crippen molar-refractivity contribution in [3.63, 3.8) is 0 Å². The molecular formula is C18H14BrNO3. The van der Waals surface area contributed by atoms with Crippen LogP contribution in [-0.4, -0.2) is 35.0 Å². The number of hydrogen-bond donors (Lipinski definition) is 0. The van der Waals surface area contributed by atoms with Crippen molar-refractivity contribution in [3.05, 3.63) is 64.2 Å². The first-order valence-electron chi connectivity index (χ1n) is 7.09. The summed E-state index contributed by atoms with van der Waals surface area (Å²) >= 11 is 3.39. The van der Waals surface area contributed by atoms with E-state index in [2.05, 4.69) is 15.9 Å². The van der Waals surface area contributed by atoms with Crippen LogP contribution < -0.4 is 0 Å². The quantitative estimate of drug-likeness (QED) is 0.751. The Morgan fingerprint density at radius 1 is 1.09 bits per heavy atom. The molecule has 1 aliphatic carbocycles. The molecule has 0 unspecified atom stereocenters. The summed E-state index contributed by atoms with van der Waals surface area (Å²) in [5, 5.41) is 0. The van der Waals surface area contributed by atoms with Crippen LogP contribution in [0.1, 0.15) is 22.8 Å². The molecule has 5 heteroatoms. The fourth-order valence-corrected chi connectivity index (χ4v) is 3.73. The number of Topliss-reactive ketones (excluding diaryl/α,β-unsaturated/α-hetero) is 1.